The third-order valence-corrected chi connectivity index (χ3v) is 14.7. The van der Waals surface area contributed by atoms with Gasteiger partial charge in [-0.15, -0.1) is 0 Å². The van der Waals surface area contributed by atoms with Gasteiger partial charge in [-0.3, -0.25) is 0 Å². The smallest absolute Gasteiger partial charge is 0.0540 e. The Morgan fingerprint density at radius 1 is 0.359 bits per heavy atom. The van der Waals surface area contributed by atoms with Gasteiger partial charge in [-0.1, -0.05) is 221 Å². The normalized spacial score (nSPS) is 14.5. The minimum Gasteiger partial charge on any atom is -0.309 e. The molecule has 1 heteroatoms. The van der Waals surface area contributed by atoms with Crippen LogP contribution in [0.2, 0.25) is 0 Å². The molecule has 2 aliphatic carbocycles. The molecule has 10 aromatic carbocycles. The van der Waals surface area contributed by atoms with Gasteiger partial charge in [-0.2, -0.15) is 0 Å². The second-order valence-electron chi connectivity index (χ2n) is 18.6. The summed E-state index contributed by atoms with van der Waals surface area (Å²) in [5.74, 6) is 0.568. The van der Waals surface area contributed by atoms with Crippen molar-refractivity contribution in [3.05, 3.63) is 223 Å². The van der Waals surface area contributed by atoms with Crippen LogP contribution in [0.4, 0.5) is 17.1 Å². The minimum absolute atomic E-state index is 0.112. The third kappa shape index (κ3) is 6.13. The lowest BCUT2D eigenvalue weighted by atomic mass is 9.80. The lowest BCUT2D eigenvalue weighted by Crippen LogP contribution is -2.15. The van der Waals surface area contributed by atoms with Gasteiger partial charge in [0, 0.05) is 22.1 Å². The van der Waals surface area contributed by atoms with Crippen LogP contribution >= 0.6 is 0 Å². The molecule has 0 amide bonds. The summed E-state index contributed by atoms with van der Waals surface area (Å²) in [4.78, 5) is 2.59. The summed E-state index contributed by atoms with van der Waals surface area (Å²) in [5.41, 5.74) is 17.7. The molecule has 0 atom stereocenters. The van der Waals surface area contributed by atoms with Crippen molar-refractivity contribution in [3.8, 4) is 44.5 Å². The first kappa shape index (κ1) is 38.5. The van der Waals surface area contributed by atoms with Crippen LogP contribution in [-0.2, 0) is 5.41 Å². The number of anilines is 3. The zero-order valence-electron chi connectivity index (χ0n) is 36.7. The molecule has 0 saturated heterocycles. The summed E-state index contributed by atoms with van der Waals surface area (Å²) in [6.07, 6.45) is 6.45. The Labute approximate surface area is 377 Å². The van der Waals surface area contributed by atoms with Gasteiger partial charge in [-0.05, 0) is 114 Å². The first-order valence-corrected chi connectivity index (χ1v) is 23.3. The van der Waals surface area contributed by atoms with E-state index in [1.54, 1.807) is 0 Å². The molecule has 1 nitrogen and oxygen atoms in total. The van der Waals surface area contributed by atoms with Crippen LogP contribution in [0.3, 0.4) is 0 Å². The zero-order chi connectivity index (χ0) is 42.8. The molecular formula is C63H51N. The number of rotatable bonds is 7. The summed E-state index contributed by atoms with van der Waals surface area (Å²) in [5, 5.41) is 7.76. The Morgan fingerprint density at radius 3 is 1.61 bits per heavy atom. The quantitative estimate of drug-likeness (QED) is 0.145. The topological polar surface area (TPSA) is 3.24 Å². The lowest BCUT2D eigenvalue weighted by Gasteiger charge is -2.32. The van der Waals surface area contributed by atoms with E-state index in [-0.39, 0.29) is 5.41 Å². The summed E-state index contributed by atoms with van der Waals surface area (Å²) in [7, 11) is 0. The highest BCUT2D eigenvalue weighted by Crippen LogP contribution is 2.55. The van der Waals surface area contributed by atoms with Gasteiger partial charge >= 0.3 is 0 Å². The average Bonchev–Trinajstić information content (AvgIpc) is 3.60. The molecule has 0 radical (unpaired) electrons. The first-order valence-electron chi connectivity index (χ1n) is 23.3. The number of hydrogen-bond donors (Lipinski definition) is 0. The van der Waals surface area contributed by atoms with Crippen molar-refractivity contribution in [2.75, 3.05) is 4.90 Å². The van der Waals surface area contributed by atoms with Gasteiger partial charge in [-0.25, -0.2) is 0 Å². The fourth-order valence-corrected chi connectivity index (χ4v) is 11.7. The van der Waals surface area contributed by atoms with Crippen LogP contribution in [0, 0.1) is 0 Å². The summed E-state index contributed by atoms with van der Waals surface area (Å²) in [6.45, 7) is 4.76. The van der Waals surface area contributed by atoms with E-state index >= 15 is 0 Å². The molecule has 308 valence electrons. The van der Waals surface area contributed by atoms with Crippen LogP contribution < -0.4 is 4.90 Å². The summed E-state index contributed by atoms with van der Waals surface area (Å²) >= 11 is 0. The van der Waals surface area contributed by atoms with Gasteiger partial charge < -0.3 is 4.90 Å². The van der Waals surface area contributed by atoms with Crippen molar-refractivity contribution in [1.82, 2.24) is 0 Å². The molecule has 0 unspecified atom stereocenters. The highest BCUT2D eigenvalue weighted by molar-refractivity contribution is 6.14. The van der Waals surface area contributed by atoms with E-state index in [1.807, 2.05) is 0 Å². The molecule has 0 aliphatic heterocycles. The molecule has 0 N–H and O–H groups in total. The highest BCUT2D eigenvalue weighted by Gasteiger charge is 2.37. The van der Waals surface area contributed by atoms with Crippen LogP contribution in [0.5, 0.6) is 0 Å². The number of nitrogens with zero attached hydrogens (tertiary/aromatic N) is 1. The molecule has 10 aromatic rings. The largest absolute Gasteiger partial charge is 0.309 e. The van der Waals surface area contributed by atoms with Crippen molar-refractivity contribution in [3.63, 3.8) is 0 Å². The van der Waals surface area contributed by atoms with Crippen LogP contribution in [0.1, 0.15) is 68.6 Å². The Balaban J connectivity index is 1.15. The van der Waals surface area contributed by atoms with Crippen molar-refractivity contribution in [2.24, 2.45) is 0 Å². The van der Waals surface area contributed by atoms with E-state index in [0.29, 0.717) is 5.92 Å². The molecule has 2 aliphatic rings. The fourth-order valence-electron chi connectivity index (χ4n) is 11.7. The van der Waals surface area contributed by atoms with Gasteiger partial charge in [0.05, 0.1) is 17.1 Å². The number of hydrogen-bond acceptors (Lipinski definition) is 1. The van der Waals surface area contributed by atoms with Gasteiger partial charge in [0.15, 0.2) is 0 Å². The molecule has 1 fully saturated rings. The molecule has 64 heavy (non-hydrogen) atoms. The van der Waals surface area contributed by atoms with E-state index in [2.05, 4.69) is 225 Å². The van der Waals surface area contributed by atoms with E-state index < -0.39 is 0 Å². The Hall–Kier alpha value is -7.22. The minimum atomic E-state index is -0.112. The predicted molar refractivity (Wildman–Crippen MR) is 273 cm³/mol. The SMILES string of the molecule is CC1(C)c2ccccc2-c2c(-c3ccccc3N(c3ccccc3-c3cccc4c3ccc3ccccc34)c3ccccc3-c3cccc4cccc(C5CCCCC5)c34)cccc21. The fraction of sp³-hybridized carbons (Fsp3) is 0.143. The second-order valence-corrected chi connectivity index (χ2v) is 18.6. The number of para-hydroxylation sites is 3. The predicted octanol–water partition coefficient (Wildman–Crippen LogP) is 18.0. The molecule has 0 heterocycles. The maximum Gasteiger partial charge on any atom is 0.0540 e. The Morgan fingerprint density at radius 2 is 0.859 bits per heavy atom. The third-order valence-electron chi connectivity index (χ3n) is 14.7. The standard InChI is InChI=1S/C63H51N/c1-63(2)56-35-12-8-29-55(56)62-54(34-19-36-57(62)63)52-28-11-15-39-60(52)64(58-37-13-9-26-50(58)48-32-18-31-47-45-25-7-6-22-43(45)40-41-49(47)48)59-38-14-10-27-51(59)53-33-17-24-44-23-16-30-46(61(44)53)42-20-4-3-5-21-42/h6-19,22-42H,3-5,20-21H2,1-2H3. The molecule has 1 saturated carbocycles. The first-order chi connectivity index (χ1) is 31.6. The Kier molecular flexibility index (Phi) is 9.34. The molecule has 12 rings (SSSR count). The summed E-state index contributed by atoms with van der Waals surface area (Å²) < 4.78 is 0. The van der Waals surface area contributed by atoms with Crippen molar-refractivity contribution in [1.29, 1.82) is 0 Å². The van der Waals surface area contributed by atoms with Crippen molar-refractivity contribution < 1.29 is 0 Å². The average molecular weight is 822 g/mol. The van der Waals surface area contributed by atoms with Crippen LogP contribution in [0.15, 0.2) is 206 Å². The zero-order valence-corrected chi connectivity index (χ0v) is 36.7. The monoisotopic (exact) mass is 821 g/mol. The summed E-state index contributed by atoms with van der Waals surface area (Å²) in [6, 6.07) is 77.6. The second kappa shape index (κ2) is 15.5. The van der Waals surface area contributed by atoms with Gasteiger partial charge in [0.1, 0.15) is 0 Å². The highest BCUT2D eigenvalue weighted by atomic mass is 15.1. The van der Waals surface area contributed by atoms with E-state index in [0.717, 1.165) is 17.1 Å². The van der Waals surface area contributed by atoms with Gasteiger partial charge in [0.2, 0.25) is 0 Å². The molecular weight excluding hydrogens is 771 g/mol. The van der Waals surface area contributed by atoms with E-state index in [4.69, 9.17) is 0 Å². The molecule has 0 aromatic heterocycles. The maximum absolute atomic E-state index is 2.59. The van der Waals surface area contributed by atoms with E-state index in [9.17, 15) is 0 Å². The Bertz CT molecular complexity index is 3410. The maximum atomic E-state index is 2.59. The number of fused-ring (bicyclic) bond motifs is 7. The van der Waals surface area contributed by atoms with Crippen molar-refractivity contribution >= 4 is 49.4 Å². The number of benzene rings is 10. The van der Waals surface area contributed by atoms with Crippen LogP contribution in [0.25, 0.3) is 76.8 Å². The van der Waals surface area contributed by atoms with Crippen molar-refractivity contribution in [2.45, 2.75) is 57.3 Å². The molecule has 0 spiro atoms. The molecule has 0 bridgehead atoms. The lowest BCUT2D eigenvalue weighted by molar-refractivity contribution is 0.445. The van der Waals surface area contributed by atoms with Crippen LogP contribution in [-0.4, -0.2) is 0 Å². The van der Waals surface area contributed by atoms with Gasteiger partial charge in [0.25, 0.3) is 0 Å². The van der Waals surface area contributed by atoms with E-state index in [1.165, 1.54) is 126 Å².